The highest BCUT2D eigenvalue weighted by Crippen LogP contribution is 2.30. The SMILES string of the molecule is CCN(CC)C(=O)C(C)Oc1c(Br)cccc1CCN. The van der Waals surface area contributed by atoms with Crippen molar-refractivity contribution in [2.45, 2.75) is 33.3 Å². The monoisotopic (exact) mass is 342 g/mol. The highest BCUT2D eigenvalue weighted by Gasteiger charge is 2.21. The van der Waals surface area contributed by atoms with Crippen molar-refractivity contribution in [3.05, 3.63) is 28.2 Å². The van der Waals surface area contributed by atoms with Crippen molar-refractivity contribution in [2.75, 3.05) is 19.6 Å². The number of rotatable bonds is 7. The third-order valence-corrected chi connectivity index (χ3v) is 3.80. The van der Waals surface area contributed by atoms with E-state index in [0.29, 0.717) is 25.4 Å². The Hall–Kier alpha value is -1.07. The molecule has 0 aromatic heterocycles. The molecule has 5 heteroatoms. The van der Waals surface area contributed by atoms with Gasteiger partial charge in [-0.1, -0.05) is 12.1 Å². The summed E-state index contributed by atoms with van der Waals surface area (Å²) >= 11 is 3.48. The van der Waals surface area contributed by atoms with Gasteiger partial charge >= 0.3 is 0 Å². The van der Waals surface area contributed by atoms with Crippen molar-refractivity contribution in [3.8, 4) is 5.75 Å². The minimum atomic E-state index is -0.509. The molecule has 0 aliphatic carbocycles. The topological polar surface area (TPSA) is 55.6 Å². The molecular weight excluding hydrogens is 320 g/mol. The first-order valence-electron chi connectivity index (χ1n) is 6.98. The Morgan fingerprint density at radius 2 is 2.05 bits per heavy atom. The van der Waals surface area contributed by atoms with Gasteiger partial charge in [-0.25, -0.2) is 0 Å². The number of ether oxygens (including phenoxy) is 1. The molecule has 1 unspecified atom stereocenters. The summed E-state index contributed by atoms with van der Waals surface area (Å²) in [6.45, 7) is 7.64. The van der Waals surface area contributed by atoms with E-state index in [9.17, 15) is 4.79 Å². The molecule has 0 saturated heterocycles. The van der Waals surface area contributed by atoms with Gasteiger partial charge in [-0.3, -0.25) is 4.79 Å². The summed E-state index contributed by atoms with van der Waals surface area (Å²) in [6.07, 6.45) is 0.214. The predicted molar refractivity (Wildman–Crippen MR) is 84.9 cm³/mol. The van der Waals surface area contributed by atoms with Crippen molar-refractivity contribution < 1.29 is 9.53 Å². The summed E-state index contributed by atoms with van der Waals surface area (Å²) in [5, 5.41) is 0. The number of benzene rings is 1. The molecule has 4 nitrogen and oxygen atoms in total. The van der Waals surface area contributed by atoms with E-state index in [2.05, 4.69) is 15.9 Å². The lowest BCUT2D eigenvalue weighted by atomic mass is 10.1. The minimum Gasteiger partial charge on any atom is -0.479 e. The first-order chi connectivity index (χ1) is 9.54. The number of halogens is 1. The van der Waals surface area contributed by atoms with E-state index in [4.69, 9.17) is 10.5 Å². The van der Waals surface area contributed by atoms with Gasteiger partial charge in [0.05, 0.1) is 4.47 Å². The van der Waals surface area contributed by atoms with Gasteiger partial charge in [0, 0.05) is 13.1 Å². The van der Waals surface area contributed by atoms with Crippen LogP contribution >= 0.6 is 15.9 Å². The number of nitrogens with zero attached hydrogens (tertiary/aromatic N) is 1. The number of hydrogen-bond acceptors (Lipinski definition) is 3. The number of nitrogens with two attached hydrogens (primary N) is 1. The third-order valence-electron chi connectivity index (χ3n) is 3.18. The molecule has 112 valence electrons. The second-order valence-electron chi connectivity index (χ2n) is 4.54. The molecule has 1 aromatic rings. The maximum absolute atomic E-state index is 12.3. The molecule has 0 bridgehead atoms. The second kappa shape index (κ2) is 8.27. The van der Waals surface area contributed by atoms with E-state index in [0.717, 1.165) is 16.5 Å². The molecule has 0 heterocycles. The molecule has 0 aliphatic heterocycles. The lowest BCUT2D eigenvalue weighted by Gasteiger charge is -2.24. The Kier molecular flexibility index (Phi) is 7.02. The second-order valence-corrected chi connectivity index (χ2v) is 5.39. The summed E-state index contributed by atoms with van der Waals surface area (Å²) in [5.74, 6) is 0.718. The lowest BCUT2D eigenvalue weighted by Crippen LogP contribution is -2.40. The van der Waals surface area contributed by atoms with Crippen LogP contribution in [0.25, 0.3) is 0 Å². The van der Waals surface area contributed by atoms with E-state index in [1.807, 2.05) is 32.0 Å². The van der Waals surface area contributed by atoms with Crippen LogP contribution in [0, 0.1) is 0 Å². The number of amides is 1. The lowest BCUT2D eigenvalue weighted by molar-refractivity contribution is -0.137. The molecule has 0 fully saturated rings. The molecule has 1 amide bonds. The van der Waals surface area contributed by atoms with Gasteiger partial charge in [0.1, 0.15) is 5.75 Å². The molecule has 20 heavy (non-hydrogen) atoms. The van der Waals surface area contributed by atoms with Crippen molar-refractivity contribution in [2.24, 2.45) is 5.73 Å². The van der Waals surface area contributed by atoms with E-state index in [1.165, 1.54) is 0 Å². The standard InChI is InChI=1S/C15H23BrN2O2/c1-4-18(5-2)15(19)11(3)20-14-12(9-10-17)7-6-8-13(14)16/h6-8,11H,4-5,9-10,17H2,1-3H3. The van der Waals surface area contributed by atoms with E-state index in [-0.39, 0.29) is 5.91 Å². The quantitative estimate of drug-likeness (QED) is 0.828. The third kappa shape index (κ3) is 4.21. The maximum atomic E-state index is 12.3. The van der Waals surface area contributed by atoms with E-state index in [1.54, 1.807) is 11.8 Å². The first-order valence-corrected chi connectivity index (χ1v) is 7.77. The summed E-state index contributed by atoms with van der Waals surface area (Å²) in [7, 11) is 0. The van der Waals surface area contributed by atoms with Crippen LogP contribution in [-0.2, 0) is 11.2 Å². The van der Waals surface area contributed by atoms with E-state index < -0.39 is 6.10 Å². The van der Waals surface area contributed by atoms with Crippen LogP contribution in [0.5, 0.6) is 5.75 Å². The molecule has 2 N–H and O–H groups in total. The summed E-state index contributed by atoms with van der Waals surface area (Å²) in [4.78, 5) is 14.0. The van der Waals surface area contributed by atoms with Gasteiger partial charge in [0.2, 0.25) is 0 Å². The average Bonchev–Trinajstić information content (AvgIpc) is 2.44. The molecule has 1 aromatic carbocycles. The normalized spacial score (nSPS) is 12.1. The molecule has 1 atom stereocenters. The van der Waals surface area contributed by atoms with Crippen molar-refractivity contribution in [1.82, 2.24) is 4.90 Å². The van der Waals surface area contributed by atoms with Crippen LogP contribution in [0.15, 0.2) is 22.7 Å². The molecule has 0 radical (unpaired) electrons. The zero-order valence-electron chi connectivity index (χ0n) is 12.4. The minimum absolute atomic E-state index is 0.00412. The Bertz CT molecular complexity index is 447. The van der Waals surface area contributed by atoms with Gasteiger partial charge < -0.3 is 15.4 Å². The fourth-order valence-electron chi connectivity index (χ4n) is 2.06. The van der Waals surface area contributed by atoms with Crippen LogP contribution in [0.1, 0.15) is 26.3 Å². The van der Waals surface area contributed by atoms with Crippen LogP contribution in [0.3, 0.4) is 0 Å². The number of carbonyl (C=O) groups is 1. The van der Waals surface area contributed by atoms with Crippen molar-refractivity contribution in [3.63, 3.8) is 0 Å². The zero-order valence-corrected chi connectivity index (χ0v) is 13.9. The summed E-state index contributed by atoms with van der Waals surface area (Å²) < 4.78 is 6.73. The van der Waals surface area contributed by atoms with Gasteiger partial charge in [0.25, 0.3) is 5.91 Å². The van der Waals surface area contributed by atoms with Crippen LogP contribution in [0.2, 0.25) is 0 Å². The van der Waals surface area contributed by atoms with Gasteiger partial charge in [-0.2, -0.15) is 0 Å². The maximum Gasteiger partial charge on any atom is 0.263 e. The Labute approximate surface area is 129 Å². The Balaban J connectivity index is 2.89. The highest BCUT2D eigenvalue weighted by molar-refractivity contribution is 9.10. The van der Waals surface area contributed by atoms with Gasteiger partial charge in [-0.05, 0) is 61.3 Å². The average molecular weight is 343 g/mol. The number of carbonyl (C=O) groups excluding carboxylic acids is 1. The molecule has 0 aliphatic rings. The van der Waals surface area contributed by atoms with Crippen LogP contribution in [-0.4, -0.2) is 36.5 Å². The van der Waals surface area contributed by atoms with Crippen molar-refractivity contribution >= 4 is 21.8 Å². The Morgan fingerprint density at radius 3 is 2.60 bits per heavy atom. The summed E-state index contributed by atoms with van der Waals surface area (Å²) in [5.41, 5.74) is 6.63. The molecular formula is C15H23BrN2O2. The fourth-order valence-corrected chi connectivity index (χ4v) is 2.56. The van der Waals surface area contributed by atoms with Crippen LogP contribution < -0.4 is 10.5 Å². The number of para-hydroxylation sites is 1. The van der Waals surface area contributed by atoms with Crippen LogP contribution in [0.4, 0.5) is 0 Å². The highest BCUT2D eigenvalue weighted by atomic mass is 79.9. The van der Waals surface area contributed by atoms with Crippen molar-refractivity contribution in [1.29, 1.82) is 0 Å². The largest absolute Gasteiger partial charge is 0.479 e. The summed E-state index contributed by atoms with van der Waals surface area (Å²) in [6, 6.07) is 5.82. The Morgan fingerprint density at radius 1 is 1.40 bits per heavy atom. The zero-order chi connectivity index (χ0) is 15.1. The predicted octanol–water partition coefficient (Wildman–Crippen LogP) is 2.59. The number of hydrogen-bond donors (Lipinski definition) is 1. The van der Waals surface area contributed by atoms with Gasteiger partial charge in [0.15, 0.2) is 6.10 Å². The number of likely N-dealkylation sites (N-methyl/N-ethyl adjacent to an activating group) is 1. The van der Waals surface area contributed by atoms with Gasteiger partial charge in [-0.15, -0.1) is 0 Å². The molecule has 1 rings (SSSR count). The molecule has 0 spiro atoms. The first kappa shape index (κ1) is 17.0. The smallest absolute Gasteiger partial charge is 0.263 e. The molecule has 0 saturated carbocycles. The van der Waals surface area contributed by atoms with E-state index >= 15 is 0 Å². The fraction of sp³-hybridized carbons (Fsp3) is 0.533.